The highest BCUT2D eigenvalue weighted by atomic mass is 19.1. The molecule has 3 nitrogen and oxygen atoms in total. The molecular formula is C15H13FN2O. The minimum Gasteiger partial charge on any atom is -0.348 e. The fourth-order valence-electron chi connectivity index (χ4n) is 1.53. The van der Waals surface area contributed by atoms with Crippen LogP contribution in [0, 0.1) is 5.82 Å². The minimum atomic E-state index is -0.320. The molecular weight excluding hydrogens is 243 g/mol. The molecule has 0 spiro atoms. The van der Waals surface area contributed by atoms with Crippen molar-refractivity contribution in [3.05, 3.63) is 71.8 Å². The summed E-state index contributed by atoms with van der Waals surface area (Å²) >= 11 is 0. The molecule has 1 aromatic heterocycles. The Kier molecular flexibility index (Phi) is 4.39. The van der Waals surface area contributed by atoms with E-state index in [-0.39, 0.29) is 18.3 Å². The number of halogens is 1. The molecule has 1 N–H and O–H groups in total. The summed E-state index contributed by atoms with van der Waals surface area (Å²) in [6.45, 7) is 0.170. The van der Waals surface area contributed by atoms with Crippen LogP contribution in [0.2, 0.25) is 0 Å². The molecule has 4 heteroatoms. The van der Waals surface area contributed by atoms with Gasteiger partial charge < -0.3 is 5.32 Å². The average Bonchev–Trinajstić information content (AvgIpc) is 2.45. The molecule has 0 atom stereocenters. The van der Waals surface area contributed by atoms with Crippen LogP contribution >= 0.6 is 0 Å². The third kappa shape index (κ3) is 4.03. The molecule has 96 valence electrons. The summed E-state index contributed by atoms with van der Waals surface area (Å²) in [6.07, 6.45) is 6.37. The smallest absolute Gasteiger partial charge is 0.244 e. The van der Waals surface area contributed by atoms with Crippen molar-refractivity contribution in [3.8, 4) is 0 Å². The number of hydrogen-bond donors (Lipinski definition) is 1. The van der Waals surface area contributed by atoms with E-state index in [2.05, 4.69) is 10.3 Å². The monoisotopic (exact) mass is 256 g/mol. The number of pyridine rings is 1. The zero-order valence-electron chi connectivity index (χ0n) is 10.2. The van der Waals surface area contributed by atoms with Crippen LogP contribution in [0.1, 0.15) is 11.1 Å². The molecule has 0 fully saturated rings. The highest BCUT2D eigenvalue weighted by Crippen LogP contribution is 2.05. The molecule has 0 aliphatic heterocycles. The molecule has 0 radical (unpaired) electrons. The molecule has 1 aromatic carbocycles. The lowest BCUT2D eigenvalue weighted by Crippen LogP contribution is -2.20. The van der Waals surface area contributed by atoms with Gasteiger partial charge in [0.15, 0.2) is 0 Å². The van der Waals surface area contributed by atoms with Gasteiger partial charge in [0.05, 0.1) is 0 Å². The number of benzene rings is 1. The van der Waals surface area contributed by atoms with Crippen LogP contribution in [-0.4, -0.2) is 10.9 Å². The first-order valence-corrected chi connectivity index (χ1v) is 5.85. The molecule has 2 aromatic rings. The maximum atomic E-state index is 13.3. The second-order valence-electron chi connectivity index (χ2n) is 3.93. The molecule has 0 aliphatic rings. The van der Waals surface area contributed by atoms with E-state index in [4.69, 9.17) is 0 Å². The van der Waals surface area contributed by atoms with E-state index in [0.717, 1.165) is 5.56 Å². The van der Waals surface area contributed by atoms with Gasteiger partial charge in [-0.1, -0.05) is 24.3 Å². The van der Waals surface area contributed by atoms with Crippen molar-refractivity contribution >= 4 is 12.0 Å². The van der Waals surface area contributed by atoms with Crippen molar-refractivity contribution in [3.63, 3.8) is 0 Å². The summed E-state index contributed by atoms with van der Waals surface area (Å²) in [4.78, 5) is 15.5. The first-order chi connectivity index (χ1) is 9.25. The van der Waals surface area contributed by atoms with Crippen molar-refractivity contribution in [2.75, 3.05) is 0 Å². The van der Waals surface area contributed by atoms with E-state index in [1.165, 1.54) is 12.1 Å². The van der Waals surface area contributed by atoms with Crippen molar-refractivity contribution < 1.29 is 9.18 Å². The zero-order chi connectivity index (χ0) is 13.5. The Morgan fingerprint density at radius 3 is 2.84 bits per heavy atom. The third-order valence-electron chi connectivity index (χ3n) is 2.52. The SMILES string of the molecule is O=C(C=Cc1cccnc1)NCc1ccccc1F. The molecule has 0 saturated heterocycles. The third-order valence-corrected chi connectivity index (χ3v) is 2.52. The molecule has 0 saturated carbocycles. The van der Waals surface area contributed by atoms with Crippen LogP contribution in [0.5, 0.6) is 0 Å². The van der Waals surface area contributed by atoms with Crippen LogP contribution in [0.25, 0.3) is 6.08 Å². The Labute approximate surface area is 110 Å². The predicted molar refractivity (Wildman–Crippen MR) is 71.5 cm³/mol. The molecule has 0 bridgehead atoms. The van der Waals surface area contributed by atoms with Crippen molar-refractivity contribution in [1.82, 2.24) is 10.3 Å². The van der Waals surface area contributed by atoms with Gasteiger partial charge in [0.1, 0.15) is 5.82 Å². The van der Waals surface area contributed by atoms with Crippen LogP contribution < -0.4 is 5.32 Å². The number of rotatable bonds is 4. The summed E-state index contributed by atoms with van der Waals surface area (Å²) in [5, 5.41) is 2.62. The summed E-state index contributed by atoms with van der Waals surface area (Å²) < 4.78 is 13.3. The van der Waals surface area contributed by atoms with Gasteiger partial charge in [-0.2, -0.15) is 0 Å². The number of hydrogen-bond acceptors (Lipinski definition) is 2. The fraction of sp³-hybridized carbons (Fsp3) is 0.0667. The van der Waals surface area contributed by atoms with Crippen molar-refractivity contribution in [1.29, 1.82) is 0 Å². The maximum absolute atomic E-state index is 13.3. The largest absolute Gasteiger partial charge is 0.348 e. The molecule has 1 heterocycles. The zero-order valence-corrected chi connectivity index (χ0v) is 10.2. The summed E-state index contributed by atoms with van der Waals surface area (Å²) in [5.41, 5.74) is 1.30. The van der Waals surface area contributed by atoms with E-state index in [0.29, 0.717) is 5.56 Å². The van der Waals surface area contributed by atoms with Gasteiger partial charge in [-0.3, -0.25) is 9.78 Å². The number of amides is 1. The Hall–Kier alpha value is -2.49. The first-order valence-electron chi connectivity index (χ1n) is 5.85. The van der Waals surface area contributed by atoms with Crippen LogP contribution in [0.15, 0.2) is 54.9 Å². The minimum absolute atomic E-state index is 0.170. The number of nitrogens with one attached hydrogen (secondary N) is 1. The Bertz CT molecular complexity index is 582. The van der Waals surface area contributed by atoms with Crippen LogP contribution in [0.4, 0.5) is 4.39 Å². The summed E-state index contributed by atoms with van der Waals surface area (Å²) in [6, 6.07) is 9.98. The number of carbonyl (C=O) groups excluding carboxylic acids is 1. The molecule has 1 amide bonds. The molecule has 19 heavy (non-hydrogen) atoms. The van der Waals surface area contributed by atoms with Gasteiger partial charge in [0.25, 0.3) is 0 Å². The van der Waals surface area contributed by atoms with Crippen LogP contribution in [-0.2, 0) is 11.3 Å². The Morgan fingerprint density at radius 2 is 2.11 bits per heavy atom. The van der Waals surface area contributed by atoms with Gasteiger partial charge in [-0.15, -0.1) is 0 Å². The lowest BCUT2D eigenvalue weighted by molar-refractivity contribution is -0.116. The highest BCUT2D eigenvalue weighted by molar-refractivity contribution is 5.91. The number of nitrogens with zero attached hydrogens (tertiary/aromatic N) is 1. The quantitative estimate of drug-likeness (QED) is 0.854. The van der Waals surface area contributed by atoms with E-state index < -0.39 is 0 Å². The summed E-state index contributed by atoms with van der Waals surface area (Å²) in [7, 11) is 0. The topological polar surface area (TPSA) is 42.0 Å². The Morgan fingerprint density at radius 1 is 1.26 bits per heavy atom. The van der Waals surface area contributed by atoms with Gasteiger partial charge in [0.2, 0.25) is 5.91 Å². The van der Waals surface area contributed by atoms with Crippen molar-refractivity contribution in [2.45, 2.75) is 6.54 Å². The Balaban J connectivity index is 1.89. The average molecular weight is 256 g/mol. The number of carbonyl (C=O) groups is 1. The van der Waals surface area contributed by atoms with Gasteiger partial charge in [-0.05, 0) is 23.8 Å². The standard InChI is InChI=1S/C15H13FN2O/c16-14-6-2-1-5-13(14)11-18-15(19)8-7-12-4-3-9-17-10-12/h1-10H,11H2,(H,18,19). The lowest BCUT2D eigenvalue weighted by Gasteiger charge is -2.03. The maximum Gasteiger partial charge on any atom is 0.244 e. The van der Waals surface area contributed by atoms with Gasteiger partial charge in [0, 0.05) is 30.6 Å². The van der Waals surface area contributed by atoms with Crippen molar-refractivity contribution in [2.24, 2.45) is 0 Å². The van der Waals surface area contributed by atoms with Gasteiger partial charge in [-0.25, -0.2) is 4.39 Å². The van der Waals surface area contributed by atoms with Gasteiger partial charge >= 0.3 is 0 Å². The van der Waals surface area contributed by atoms with E-state index in [1.807, 2.05) is 6.07 Å². The second kappa shape index (κ2) is 6.44. The molecule has 0 aliphatic carbocycles. The highest BCUT2D eigenvalue weighted by Gasteiger charge is 2.01. The summed E-state index contributed by atoms with van der Waals surface area (Å²) in [5.74, 6) is -0.592. The lowest BCUT2D eigenvalue weighted by atomic mass is 10.2. The molecule has 0 unspecified atom stereocenters. The van der Waals surface area contributed by atoms with E-state index in [1.54, 1.807) is 42.7 Å². The normalized spacial score (nSPS) is 10.6. The first kappa shape index (κ1) is 13.0. The predicted octanol–water partition coefficient (Wildman–Crippen LogP) is 2.55. The second-order valence-corrected chi connectivity index (χ2v) is 3.93. The van der Waals surface area contributed by atoms with E-state index in [9.17, 15) is 9.18 Å². The number of aromatic nitrogens is 1. The van der Waals surface area contributed by atoms with E-state index >= 15 is 0 Å². The molecule has 2 rings (SSSR count). The fourth-order valence-corrected chi connectivity index (χ4v) is 1.53. The van der Waals surface area contributed by atoms with Crippen LogP contribution in [0.3, 0.4) is 0 Å².